The van der Waals surface area contributed by atoms with Crippen molar-refractivity contribution < 1.29 is 4.79 Å². The molecule has 0 saturated carbocycles. The highest BCUT2D eigenvalue weighted by Gasteiger charge is 2.09. The van der Waals surface area contributed by atoms with Gasteiger partial charge in [0, 0.05) is 44.4 Å². The van der Waals surface area contributed by atoms with Crippen molar-refractivity contribution in [3.8, 4) is 0 Å². The summed E-state index contributed by atoms with van der Waals surface area (Å²) >= 11 is 0. The van der Waals surface area contributed by atoms with Gasteiger partial charge in [0.25, 0.3) is 5.91 Å². The van der Waals surface area contributed by atoms with Gasteiger partial charge in [0.1, 0.15) is 5.69 Å². The lowest BCUT2D eigenvalue weighted by Crippen LogP contribution is -2.28. The van der Waals surface area contributed by atoms with Gasteiger partial charge < -0.3 is 15.1 Å². The van der Waals surface area contributed by atoms with Crippen LogP contribution in [-0.4, -0.2) is 61.6 Å². The van der Waals surface area contributed by atoms with Crippen LogP contribution in [0.25, 0.3) is 0 Å². The van der Waals surface area contributed by atoms with E-state index < -0.39 is 0 Å². The Balaban J connectivity index is 1.87. The summed E-state index contributed by atoms with van der Waals surface area (Å²) in [5.74, 6) is -0.122. The van der Waals surface area contributed by atoms with Crippen LogP contribution in [-0.2, 0) is 6.42 Å². The molecule has 6 nitrogen and oxygen atoms in total. The zero-order valence-corrected chi connectivity index (χ0v) is 15.3. The summed E-state index contributed by atoms with van der Waals surface area (Å²) < 4.78 is 0. The molecular weight excluding hydrogens is 314 g/mol. The van der Waals surface area contributed by atoms with Gasteiger partial charge in [-0.1, -0.05) is 0 Å². The summed E-state index contributed by atoms with van der Waals surface area (Å²) in [4.78, 5) is 24.7. The number of rotatable bonds is 9. The number of likely N-dealkylation sites (N-methyl/N-ethyl adjacent to an activating group) is 1. The SMILES string of the molecule is CN(C)CCCNC(=O)c1cc(N(C)CCc2ccncc2)ccn1. The van der Waals surface area contributed by atoms with Gasteiger partial charge in [-0.25, -0.2) is 0 Å². The van der Waals surface area contributed by atoms with Crippen LogP contribution in [0.15, 0.2) is 42.9 Å². The van der Waals surface area contributed by atoms with E-state index in [1.54, 1.807) is 18.6 Å². The van der Waals surface area contributed by atoms with Crippen LogP contribution in [0, 0.1) is 0 Å². The Morgan fingerprint density at radius 2 is 1.84 bits per heavy atom. The Morgan fingerprint density at radius 1 is 1.08 bits per heavy atom. The van der Waals surface area contributed by atoms with Gasteiger partial charge in [-0.3, -0.25) is 14.8 Å². The van der Waals surface area contributed by atoms with Crippen molar-refractivity contribution in [1.82, 2.24) is 20.2 Å². The summed E-state index contributed by atoms with van der Waals surface area (Å²) in [7, 11) is 6.07. The standard InChI is InChI=1S/C19H27N5O/c1-23(2)13-4-9-22-19(25)18-15-17(7-12-21-18)24(3)14-8-16-5-10-20-11-6-16/h5-7,10-12,15H,4,8-9,13-14H2,1-3H3,(H,22,25). The van der Waals surface area contributed by atoms with Gasteiger partial charge in [0.05, 0.1) is 0 Å². The molecule has 6 heteroatoms. The molecule has 0 aromatic carbocycles. The predicted octanol–water partition coefficient (Wildman–Crippen LogP) is 1.84. The van der Waals surface area contributed by atoms with E-state index >= 15 is 0 Å². The highest BCUT2D eigenvalue weighted by atomic mass is 16.1. The van der Waals surface area contributed by atoms with Crippen LogP contribution < -0.4 is 10.2 Å². The third-order valence-electron chi connectivity index (χ3n) is 3.97. The minimum absolute atomic E-state index is 0.122. The molecule has 0 aliphatic carbocycles. The molecule has 0 atom stereocenters. The van der Waals surface area contributed by atoms with Crippen LogP contribution in [0.1, 0.15) is 22.5 Å². The summed E-state index contributed by atoms with van der Waals surface area (Å²) in [6, 6.07) is 7.81. The monoisotopic (exact) mass is 341 g/mol. The van der Waals surface area contributed by atoms with E-state index in [-0.39, 0.29) is 5.91 Å². The van der Waals surface area contributed by atoms with E-state index in [0.29, 0.717) is 12.2 Å². The molecule has 2 rings (SSSR count). The Labute approximate surface area is 149 Å². The average Bonchev–Trinajstić information content (AvgIpc) is 2.64. The number of carbonyl (C=O) groups is 1. The van der Waals surface area contributed by atoms with Gasteiger partial charge in [-0.2, -0.15) is 0 Å². The zero-order chi connectivity index (χ0) is 18.1. The fraction of sp³-hybridized carbons (Fsp3) is 0.421. The smallest absolute Gasteiger partial charge is 0.269 e. The second-order valence-corrected chi connectivity index (χ2v) is 6.34. The number of nitrogens with zero attached hydrogens (tertiary/aromatic N) is 4. The first-order chi connectivity index (χ1) is 12.1. The van der Waals surface area contributed by atoms with Gasteiger partial charge in [-0.05, 0) is 63.3 Å². The van der Waals surface area contributed by atoms with Gasteiger partial charge >= 0.3 is 0 Å². The fourth-order valence-corrected chi connectivity index (χ4v) is 2.44. The van der Waals surface area contributed by atoms with E-state index in [1.165, 1.54) is 5.56 Å². The van der Waals surface area contributed by atoms with Crippen LogP contribution in [0.4, 0.5) is 5.69 Å². The molecule has 134 valence electrons. The predicted molar refractivity (Wildman–Crippen MR) is 101 cm³/mol. The molecule has 0 unspecified atom stereocenters. The van der Waals surface area contributed by atoms with Crippen molar-refractivity contribution in [3.63, 3.8) is 0 Å². The van der Waals surface area contributed by atoms with Crippen LogP contribution in [0.3, 0.4) is 0 Å². The fourth-order valence-electron chi connectivity index (χ4n) is 2.44. The van der Waals surface area contributed by atoms with Crippen LogP contribution >= 0.6 is 0 Å². The minimum atomic E-state index is -0.122. The largest absolute Gasteiger partial charge is 0.374 e. The maximum Gasteiger partial charge on any atom is 0.269 e. The van der Waals surface area contributed by atoms with Crippen LogP contribution in [0.2, 0.25) is 0 Å². The molecule has 0 fully saturated rings. The Kier molecular flexibility index (Phi) is 7.35. The number of amides is 1. The summed E-state index contributed by atoms with van der Waals surface area (Å²) in [6.07, 6.45) is 7.14. The number of hydrogen-bond donors (Lipinski definition) is 1. The first-order valence-corrected chi connectivity index (χ1v) is 8.55. The lowest BCUT2D eigenvalue weighted by Gasteiger charge is -2.19. The molecule has 0 radical (unpaired) electrons. The second kappa shape index (κ2) is 9.74. The Hall–Kier alpha value is -2.47. The van der Waals surface area contributed by atoms with Gasteiger partial charge in [0.2, 0.25) is 0 Å². The third kappa shape index (κ3) is 6.51. The molecule has 2 aromatic heterocycles. The van der Waals surface area contributed by atoms with Crippen molar-refractivity contribution in [2.24, 2.45) is 0 Å². The lowest BCUT2D eigenvalue weighted by molar-refractivity contribution is 0.0947. The molecule has 2 heterocycles. The van der Waals surface area contributed by atoms with E-state index in [9.17, 15) is 4.79 Å². The van der Waals surface area contributed by atoms with Crippen molar-refractivity contribution in [2.75, 3.05) is 45.7 Å². The zero-order valence-electron chi connectivity index (χ0n) is 15.3. The number of hydrogen-bond acceptors (Lipinski definition) is 5. The number of nitrogens with one attached hydrogen (secondary N) is 1. The van der Waals surface area contributed by atoms with Crippen molar-refractivity contribution >= 4 is 11.6 Å². The van der Waals surface area contributed by atoms with Gasteiger partial charge in [-0.15, -0.1) is 0 Å². The first-order valence-electron chi connectivity index (χ1n) is 8.55. The molecule has 0 saturated heterocycles. The lowest BCUT2D eigenvalue weighted by atomic mass is 10.2. The Bertz CT molecular complexity index is 660. The second-order valence-electron chi connectivity index (χ2n) is 6.34. The number of pyridine rings is 2. The molecule has 2 aromatic rings. The van der Waals surface area contributed by atoms with Crippen molar-refractivity contribution in [1.29, 1.82) is 0 Å². The average molecular weight is 341 g/mol. The topological polar surface area (TPSA) is 61.4 Å². The summed E-state index contributed by atoms with van der Waals surface area (Å²) in [5, 5.41) is 2.92. The van der Waals surface area contributed by atoms with Crippen molar-refractivity contribution in [2.45, 2.75) is 12.8 Å². The molecular formula is C19H27N5O. The van der Waals surface area contributed by atoms with Crippen LogP contribution in [0.5, 0.6) is 0 Å². The maximum absolute atomic E-state index is 12.2. The number of carbonyl (C=O) groups excluding carboxylic acids is 1. The molecule has 25 heavy (non-hydrogen) atoms. The maximum atomic E-state index is 12.2. The van der Waals surface area contributed by atoms with E-state index in [0.717, 1.165) is 31.6 Å². The van der Waals surface area contributed by atoms with E-state index in [1.807, 2.05) is 45.4 Å². The number of anilines is 1. The molecule has 1 amide bonds. The third-order valence-corrected chi connectivity index (χ3v) is 3.97. The molecule has 1 N–H and O–H groups in total. The molecule has 0 aliphatic heterocycles. The highest BCUT2D eigenvalue weighted by molar-refractivity contribution is 5.93. The molecule has 0 aliphatic rings. The minimum Gasteiger partial charge on any atom is -0.374 e. The number of aromatic nitrogens is 2. The first kappa shape index (κ1) is 18.9. The normalized spacial score (nSPS) is 10.7. The van der Waals surface area contributed by atoms with E-state index in [4.69, 9.17) is 0 Å². The quantitative estimate of drug-likeness (QED) is 0.705. The Morgan fingerprint density at radius 3 is 2.56 bits per heavy atom. The molecule has 0 bridgehead atoms. The van der Waals surface area contributed by atoms with E-state index in [2.05, 4.69) is 25.1 Å². The highest BCUT2D eigenvalue weighted by Crippen LogP contribution is 2.13. The summed E-state index contributed by atoms with van der Waals surface area (Å²) in [6.45, 7) is 2.46. The summed E-state index contributed by atoms with van der Waals surface area (Å²) in [5.41, 5.74) is 2.69. The van der Waals surface area contributed by atoms with Gasteiger partial charge in [0.15, 0.2) is 0 Å². The van der Waals surface area contributed by atoms with Crippen molar-refractivity contribution in [3.05, 3.63) is 54.1 Å². The molecule has 0 spiro atoms.